The van der Waals surface area contributed by atoms with E-state index in [1.807, 2.05) is 37.3 Å². The highest BCUT2D eigenvalue weighted by Gasteiger charge is 2.40. The van der Waals surface area contributed by atoms with Crippen LogP contribution in [0.5, 0.6) is 0 Å². The average molecular weight is 249 g/mol. The van der Waals surface area contributed by atoms with Crippen LogP contribution < -0.4 is 5.32 Å². The fourth-order valence-corrected chi connectivity index (χ4v) is 1.43. The van der Waals surface area contributed by atoms with Gasteiger partial charge in [0.25, 0.3) is 0 Å². The molecule has 0 heterocycles. The smallest absolute Gasteiger partial charge is 0.310 e. The summed E-state index contributed by atoms with van der Waals surface area (Å²) in [7, 11) is 0. The first-order chi connectivity index (χ1) is 7.93. The minimum atomic E-state index is -3.96. The third kappa shape index (κ3) is 4.34. The largest absolute Gasteiger partial charge is 0.319 e. The molecule has 0 saturated heterocycles. The van der Waals surface area contributed by atoms with Gasteiger partial charge >= 0.3 is 12.3 Å². The van der Waals surface area contributed by atoms with E-state index in [1.165, 1.54) is 0 Å². The van der Waals surface area contributed by atoms with Crippen molar-refractivity contribution in [2.24, 2.45) is 0 Å². The predicted molar refractivity (Wildman–Crippen MR) is 58.7 cm³/mol. The summed E-state index contributed by atoms with van der Waals surface area (Å²) in [6, 6.07) is 9.29. The molecule has 0 amide bonds. The van der Waals surface area contributed by atoms with Gasteiger partial charge < -0.3 is 5.32 Å². The second-order valence-electron chi connectivity index (χ2n) is 4.00. The minimum absolute atomic E-state index is 0.00433. The summed E-state index contributed by atoms with van der Waals surface area (Å²) in [5, 5.41) is 2.38. The quantitative estimate of drug-likeness (QED) is 0.763. The molecule has 0 fully saturated rings. The molecule has 0 saturated carbocycles. The van der Waals surface area contributed by atoms with E-state index < -0.39 is 18.9 Å². The lowest BCUT2D eigenvalue weighted by molar-refractivity contribution is -0.125. The van der Waals surface area contributed by atoms with Crippen LogP contribution in [0.1, 0.15) is 18.4 Å². The van der Waals surface area contributed by atoms with Crippen molar-refractivity contribution in [1.82, 2.24) is 5.32 Å². The highest BCUT2D eigenvalue weighted by Crippen LogP contribution is 2.22. The number of halogens is 4. The van der Waals surface area contributed by atoms with Crippen LogP contribution in [-0.2, 0) is 0 Å². The molecule has 0 aliphatic rings. The first kappa shape index (κ1) is 14.0. The van der Waals surface area contributed by atoms with E-state index in [-0.39, 0.29) is 12.5 Å². The first-order valence-electron chi connectivity index (χ1n) is 5.35. The van der Waals surface area contributed by atoms with Gasteiger partial charge in [0, 0.05) is 6.54 Å². The lowest BCUT2D eigenvalue weighted by atomic mass is 10.0. The normalized spacial score (nSPS) is 14.0. The SMILES string of the molecule is CC(CNCC(F)(F)C(F)F)c1ccccc1. The van der Waals surface area contributed by atoms with Crippen molar-refractivity contribution < 1.29 is 17.6 Å². The Labute approximate surface area is 97.8 Å². The molecule has 0 aliphatic heterocycles. The summed E-state index contributed by atoms with van der Waals surface area (Å²) in [4.78, 5) is 0. The molecular weight excluding hydrogens is 234 g/mol. The Bertz CT molecular complexity index is 327. The number of hydrogen-bond acceptors (Lipinski definition) is 1. The fourth-order valence-electron chi connectivity index (χ4n) is 1.43. The molecular formula is C12H15F4N. The predicted octanol–water partition coefficient (Wildman–Crippen LogP) is 3.28. The molecule has 1 atom stereocenters. The lowest BCUT2D eigenvalue weighted by Crippen LogP contribution is -2.40. The molecule has 1 aromatic rings. The number of alkyl halides is 4. The van der Waals surface area contributed by atoms with E-state index in [0.717, 1.165) is 5.56 Å². The molecule has 0 spiro atoms. The monoisotopic (exact) mass is 249 g/mol. The van der Waals surface area contributed by atoms with Crippen LogP contribution in [-0.4, -0.2) is 25.4 Å². The lowest BCUT2D eigenvalue weighted by Gasteiger charge is -2.18. The molecule has 1 unspecified atom stereocenters. The third-order valence-corrected chi connectivity index (χ3v) is 2.50. The molecule has 0 radical (unpaired) electrons. The van der Waals surface area contributed by atoms with Crippen LogP contribution in [0.3, 0.4) is 0 Å². The van der Waals surface area contributed by atoms with Crippen molar-refractivity contribution in [1.29, 1.82) is 0 Å². The maximum absolute atomic E-state index is 12.6. The second-order valence-corrected chi connectivity index (χ2v) is 4.00. The van der Waals surface area contributed by atoms with Gasteiger partial charge in [-0.05, 0) is 11.5 Å². The average Bonchev–Trinajstić information content (AvgIpc) is 2.29. The minimum Gasteiger partial charge on any atom is -0.310 e. The maximum Gasteiger partial charge on any atom is 0.319 e. The zero-order valence-corrected chi connectivity index (χ0v) is 9.47. The summed E-state index contributed by atoms with van der Waals surface area (Å²) in [6.07, 6.45) is -3.62. The third-order valence-electron chi connectivity index (χ3n) is 2.50. The number of hydrogen-bond donors (Lipinski definition) is 1. The molecule has 5 heteroatoms. The zero-order chi connectivity index (χ0) is 12.9. The Balaban J connectivity index is 2.37. The van der Waals surface area contributed by atoms with Crippen LogP contribution in [0, 0.1) is 0 Å². The van der Waals surface area contributed by atoms with Gasteiger partial charge in [-0.2, -0.15) is 8.78 Å². The van der Waals surface area contributed by atoms with E-state index in [9.17, 15) is 17.6 Å². The Hall–Kier alpha value is -1.10. The van der Waals surface area contributed by atoms with Gasteiger partial charge in [-0.25, -0.2) is 8.78 Å². The topological polar surface area (TPSA) is 12.0 Å². The molecule has 1 rings (SSSR count). The molecule has 1 N–H and O–H groups in total. The molecule has 1 aromatic carbocycles. The number of rotatable bonds is 6. The van der Waals surface area contributed by atoms with Crippen molar-refractivity contribution in [3.05, 3.63) is 35.9 Å². The molecule has 17 heavy (non-hydrogen) atoms. The van der Waals surface area contributed by atoms with Crippen LogP contribution in [0.2, 0.25) is 0 Å². The molecule has 0 aliphatic carbocycles. The van der Waals surface area contributed by atoms with Crippen LogP contribution >= 0.6 is 0 Å². The summed E-state index contributed by atoms with van der Waals surface area (Å²) in [5.41, 5.74) is 0.986. The van der Waals surface area contributed by atoms with Gasteiger partial charge in [0.2, 0.25) is 0 Å². The van der Waals surface area contributed by atoms with Gasteiger partial charge in [0.1, 0.15) is 0 Å². The van der Waals surface area contributed by atoms with Gasteiger partial charge in [0.15, 0.2) is 0 Å². The Morgan fingerprint density at radius 2 is 1.76 bits per heavy atom. The van der Waals surface area contributed by atoms with Gasteiger partial charge in [-0.3, -0.25) is 0 Å². The molecule has 96 valence electrons. The van der Waals surface area contributed by atoms with Gasteiger partial charge in [-0.1, -0.05) is 37.3 Å². The van der Waals surface area contributed by atoms with E-state index in [4.69, 9.17) is 0 Å². The van der Waals surface area contributed by atoms with E-state index in [2.05, 4.69) is 5.32 Å². The first-order valence-corrected chi connectivity index (χ1v) is 5.35. The van der Waals surface area contributed by atoms with Crippen molar-refractivity contribution in [2.45, 2.75) is 25.2 Å². The van der Waals surface area contributed by atoms with Crippen molar-refractivity contribution >= 4 is 0 Å². The summed E-state index contributed by atoms with van der Waals surface area (Å²) < 4.78 is 48.9. The van der Waals surface area contributed by atoms with Crippen molar-refractivity contribution in [3.63, 3.8) is 0 Å². The standard InChI is InChI=1S/C12H15F4N/c1-9(10-5-3-2-4-6-10)7-17-8-12(15,16)11(13)14/h2-6,9,11,17H,7-8H2,1H3. The van der Waals surface area contributed by atoms with Crippen LogP contribution in [0.25, 0.3) is 0 Å². The summed E-state index contributed by atoms with van der Waals surface area (Å²) in [5.74, 6) is -3.96. The highest BCUT2D eigenvalue weighted by atomic mass is 19.3. The Kier molecular flexibility index (Phi) is 4.93. The van der Waals surface area contributed by atoms with Gasteiger partial charge in [-0.15, -0.1) is 0 Å². The zero-order valence-electron chi connectivity index (χ0n) is 9.47. The summed E-state index contributed by atoms with van der Waals surface area (Å²) in [6.45, 7) is 1.09. The maximum atomic E-state index is 12.6. The second kappa shape index (κ2) is 6.00. The van der Waals surface area contributed by atoms with E-state index in [1.54, 1.807) is 0 Å². The van der Waals surface area contributed by atoms with E-state index in [0.29, 0.717) is 0 Å². The molecule has 1 nitrogen and oxygen atoms in total. The molecule has 0 bridgehead atoms. The Morgan fingerprint density at radius 3 is 2.29 bits per heavy atom. The van der Waals surface area contributed by atoms with Crippen molar-refractivity contribution in [3.8, 4) is 0 Å². The number of benzene rings is 1. The molecule has 0 aromatic heterocycles. The summed E-state index contributed by atoms with van der Waals surface area (Å²) >= 11 is 0. The Morgan fingerprint density at radius 1 is 1.18 bits per heavy atom. The highest BCUT2D eigenvalue weighted by molar-refractivity contribution is 5.18. The van der Waals surface area contributed by atoms with Gasteiger partial charge in [0.05, 0.1) is 6.54 Å². The van der Waals surface area contributed by atoms with E-state index >= 15 is 0 Å². The number of nitrogens with one attached hydrogen (secondary N) is 1. The van der Waals surface area contributed by atoms with Crippen molar-refractivity contribution in [2.75, 3.05) is 13.1 Å². The fraction of sp³-hybridized carbons (Fsp3) is 0.500. The van der Waals surface area contributed by atoms with Crippen LogP contribution in [0.4, 0.5) is 17.6 Å². The van der Waals surface area contributed by atoms with Crippen LogP contribution in [0.15, 0.2) is 30.3 Å².